The second kappa shape index (κ2) is 6.82. The van der Waals surface area contributed by atoms with Crippen molar-refractivity contribution < 1.29 is 22.2 Å². The van der Waals surface area contributed by atoms with E-state index in [1.807, 2.05) is 14.1 Å². The van der Waals surface area contributed by atoms with E-state index in [0.717, 1.165) is 13.0 Å². The number of nitrogens with zero attached hydrogens (tertiary/aromatic N) is 1. The first-order valence-electron chi connectivity index (χ1n) is 5.21. The molecule has 0 rings (SSSR count). The Morgan fingerprint density at radius 1 is 1.25 bits per heavy atom. The van der Waals surface area contributed by atoms with Crippen molar-refractivity contribution >= 4 is 16.5 Å². The van der Waals surface area contributed by atoms with Crippen molar-refractivity contribution in [3.63, 3.8) is 0 Å². The van der Waals surface area contributed by atoms with E-state index in [1.54, 1.807) is 0 Å². The molecule has 0 spiro atoms. The van der Waals surface area contributed by atoms with Crippen LogP contribution in [-0.4, -0.2) is 63.3 Å². The van der Waals surface area contributed by atoms with Gasteiger partial charge in [0, 0.05) is 19.4 Å². The molecule has 0 atom stereocenters. The van der Waals surface area contributed by atoms with Gasteiger partial charge in [0.2, 0.25) is 6.41 Å². The molecule has 0 fully saturated rings. The van der Waals surface area contributed by atoms with Crippen LogP contribution in [0.4, 0.5) is 0 Å². The Labute approximate surface area is 97.0 Å². The quantitative estimate of drug-likeness (QED) is 0.251. The zero-order valence-corrected chi connectivity index (χ0v) is 10.7. The first-order chi connectivity index (χ1) is 7.27. The van der Waals surface area contributed by atoms with E-state index in [1.165, 1.54) is 0 Å². The number of quaternary nitrogens is 1. The second-order valence-electron chi connectivity index (χ2n) is 4.45. The first-order valence-corrected chi connectivity index (χ1v) is 6.82. The summed E-state index contributed by atoms with van der Waals surface area (Å²) in [6, 6.07) is 0. The van der Waals surface area contributed by atoms with Crippen molar-refractivity contribution in [2.75, 3.05) is 39.5 Å². The molecule has 0 saturated carbocycles. The van der Waals surface area contributed by atoms with Crippen LogP contribution in [0.25, 0.3) is 0 Å². The van der Waals surface area contributed by atoms with E-state index in [0.29, 0.717) is 30.4 Å². The highest BCUT2D eigenvalue weighted by Gasteiger charge is 2.15. The van der Waals surface area contributed by atoms with Crippen molar-refractivity contribution in [3.8, 4) is 0 Å². The highest BCUT2D eigenvalue weighted by Crippen LogP contribution is 2.02. The lowest BCUT2D eigenvalue weighted by Gasteiger charge is -2.29. The standard InChI is InChI=1S/C9H20N2O4S/c1-11(2,6-3-5-10-9-12)7-4-8-16(13,14)15/h9H,3-8H2,1-2H3,(H-,10,12,13,14,15)/p+1. The van der Waals surface area contributed by atoms with Crippen molar-refractivity contribution in [3.05, 3.63) is 0 Å². The van der Waals surface area contributed by atoms with Gasteiger partial charge in [-0.3, -0.25) is 9.35 Å². The highest BCUT2D eigenvalue weighted by molar-refractivity contribution is 7.85. The summed E-state index contributed by atoms with van der Waals surface area (Å²) in [4.78, 5) is 10.0. The average molecular weight is 253 g/mol. The fourth-order valence-corrected chi connectivity index (χ4v) is 1.95. The Morgan fingerprint density at radius 2 is 1.81 bits per heavy atom. The summed E-state index contributed by atoms with van der Waals surface area (Å²) in [6.45, 7) is 2.16. The largest absolute Gasteiger partial charge is 0.358 e. The third-order valence-corrected chi connectivity index (χ3v) is 3.14. The lowest BCUT2D eigenvalue weighted by molar-refractivity contribution is -0.890. The predicted molar refractivity (Wildman–Crippen MR) is 61.6 cm³/mol. The third kappa shape index (κ3) is 9.88. The minimum atomic E-state index is -3.84. The molecule has 0 unspecified atom stereocenters. The Morgan fingerprint density at radius 3 is 2.31 bits per heavy atom. The summed E-state index contributed by atoms with van der Waals surface area (Å²) in [5.41, 5.74) is 0. The van der Waals surface area contributed by atoms with Crippen LogP contribution in [0.1, 0.15) is 12.8 Å². The van der Waals surface area contributed by atoms with E-state index in [4.69, 9.17) is 4.55 Å². The summed E-state index contributed by atoms with van der Waals surface area (Å²) < 4.78 is 30.3. The number of nitrogens with one attached hydrogen (secondary N) is 1. The Bertz CT molecular complexity index is 301. The molecule has 0 bridgehead atoms. The molecule has 0 radical (unpaired) electrons. The van der Waals surface area contributed by atoms with Gasteiger partial charge in [0.15, 0.2) is 0 Å². The Balaban J connectivity index is 3.73. The van der Waals surface area contributed by atoms with Gasteiger partial charge in [-0.2, -0.15) is 8.42 Å². The molecule has 1 amide bonds. The van der Waals surface area contributed by atoms with E-state index in [9.17, 15) is 13.2 Å². The molecule has 96 valence electrons. The van der Waals surface area contributed by atoms with Crippen molar-refractivity contribution in [1.82, 2.24) is 5.32 Å². The van der Waals surface area contributed by atoms with E-state index < -0.39 is 10.1 Å². The lowest BCUT2D eigenvalue weighted by Crippen LogP contribution is -2.42. The second-order valence-corrected chi connectivity index (χ2v) is 6.02. The zero-order valence-electron chi connectivity index (χ0n) is 9.85. The third-order valence-electron chi connectivity index (χ3n) is 2.33. The number of carbonyl (C=O) groups is 1. The van der Waals surface area contributed by atoms with Crippen molar-refractivity contribution in [2.24, 2.45) is 0 Å². The fourth-order valence-electron chi connectivity index (χ4n) is 1.45. The molecule has 7 heteroatoms. The molecule has 0 aliphatic rings. The number of rotatable bonds is 9. The predicted octanol–water partition coefficient (Wildman–Crippen LogP) is -0.523. The van der Waals surface area contributed by atoms with Crippen LogP contribution < -0.4 is 5.32 Å². The van der Waals surface area contributed by atoms with Crippen LogP contribution in [0.3, 0.4) is 0 Å². The number of amides is 1. The molecule has 2 N–H and O–H groups in total. The average Bonchev–Trinajstić information content (AvgIpc) is 2.10. The minimum absolute atomic E-state index is 0.193. The number of hydrogen-bond acceptors (Lipinski definition) is 3. The van der Waals surface area contributed by atoms with Gasteiger partial charge in [-0.15, -0.1) is 0 Å². The van der Waals surface area contributed by atoms with E-state index in [2.05, 4.69) is 5.32 Å². The van der Waals surface area contributed by atoms with Crippen molar-refractivity contribution in [2.45, 2.75) is 12.8 Å². The van der Waals surface area contributed by atoms with Gasteiger partial charge in [-0.05, 0) is 0 Å². The molecular formula is C9H21N2O4S+. The van der Waals surface area contributed by atoms with E-state index in [-0.39, 0.29) is 5.75 Å². The van der Waals surface area contributed by atoms with Crippen molar-refractivity contribution in [1.29, 1.82) is 0 Å². The van der Waals surface area contributed by atoms with Crippen LogP contribution in [0.5, 0.6) is 0 Å². The molecule has 0 aliphatic heterocycles. The summed E-state index contributed by atoms with van der Waals surface area (Å²) >= 11 is 0. The van der Waals surface area contributed by atoms with Gasteiger partial charge < -0.3 is 9.80 Å². The van der Waals surface area contributed by atoms with Crippen LogP contribution in [0.2, 0.25) is 0 Å². The lowest BCUT2D eigenvalue weighted by atomic mass is 10.3. The molecule has 0 aliphatic carbocycles. The SMILES string of the molecule is C[N+](C)(CCCNC=O)CCCS(=O)(=O)O. The molecule has 0 aromatic carbocycles. The molecule has 0 heterocycles. The van der Waals surface area contributed by atoms with Gasteiger partial charge in [-0.1, -0.05) is 0 Å². The summed E-state index contributed by atoms with van der Waals surface area (Å²) in [5.74, 6) is -0.193. The van der Waals surface area contributed by atoms with Crippen LogP contribution in [0.15, 0.2) is 0 Å². The van der Waals surface area contributed by atoms with Gasteiger partial charge in [-0.25, -0.2) is 0 Å². The fraction of sp³-hybridized carbons (Fsp3) is 0.889. The first kappa shape index (κ1) is 15.3. The monoisotopic (exact) mass is 253 g/mol. The maximum Gasteiger partial charge on any atom is 0.265 e. The Hall–Kier alpha value is -0.660. The smallest absolute Gasteiger partial charge is 0.265 e. The minimum Gasteiger partial charge on any atom is -0.358 e. The van der Waals surface area contributed by atoms with Crippen LogP contribution >= 0.6 is 0 Å². The number of carbonyl (C=O) groups excluding carboxylic acids is 1. The van der Waals surface area contributed by atoms with Gasteiger partial charge in [0.25, 0.3) is 10.1 Å². The normalized spacial score (nSPS) is 12.4. The molecule has 0 aromatic rings. The van der Waals surface area contributed by atoms with Gasteiger partial charge in [0.1, 0.15) is 0 Å². The maximum absolute atomic E-state index is 10.5. The molecule has 0 aromatic heterocycles. The summed E-state index contributed by atoms with van der Waals surface area (Å²) in [5, 5.41) is 2.57. The molecule has 0 saturated heterocycles. The number of hydrogen-bond donors (Lipinski definition) is 2. The highest BCUT2D eigenvalue weighted by atomic mass is 32.2. The van der Waals surface area contributed by atoms with Gasteiger partial charge in [0.05, 0.1) is 32.9 Å². The zero-order chi connectivity index (χ0) is 12.7. The van der Waals surface area contributed by atoms with Crippen LogP contribution in [0, 0.1) is 0 Å². The Kier molecular flexibility index (Phi) is 6.54. The summed E-state index contributed by atoms with van der Waals surface area (Å²) in [7, 11) is 0.138. The van der Waals surface area contributed by atoms with E-state index >= 15 is 0 Å². The molecule has 16 heavy (non-hydrogen) atoms. The van der Waals surface area contributed by atoms with Crippen LogP contribution in [-0.2, 0) is 14.9 Å². The topological polar surface area (TPSA) is 83.5 Å². The maximum atomic E-state index is 10.5. The molecule has 6 nitrogen and oxygen atoms in total. The summed E-state index contributed by atoms with van der Waals surface area (Å²) in [6.07, 6.45) is 1.95. The van der Waals surface area contributed by atoms with Gasteiger partial charge >= 0.3 is 0 Å². The molecular weight excluding hydrogens is 232 g/mol.